The summed E-state index contributed by atoms with van der Waals surface area (Å²) in [6.07, 6.45) is 1.66. The Bertz CT molecular complexity index is 415. The summed E-state index contributed by atoms with van der Waals surface area (Å²) in [5, 5.41) is 0.462. The van der Waals surface area contributed by atoms with Gasteiger partial charge in [-0.25, -0.2) is 4.39 Å². The van der Waals surface area contributed by atoms with Crippen molar-refractivity contribution in [2.45, 2.75) is 46.6 Å². The maximum atomic E-state index is 13.0. The van der Waals surface area contributed by atoms with E-state index in [-0.39, 0.29) is 17.3 Å². The fraction of sp³-hybridized carbons (Fsp3) is 0.600. The second-order valence-electron chi connectivity index (χ2n) is 6.31. The van der Waals surface area contributed by atoms with Gasteiger partial charge >= 0.3 is 0 Å². The van der Waals surface area contributed by atoms with E-state index in [1.165, 1.54) is 12.1 Å². The van der Waals surface area contributed by atoms with E-state index in [0.29, 0.717) is 17.4 Å². The molecule has 1 rings (SSSR count). The van der Waals surface area contributed by atoms with Crippen molar-refractivity contribution in [1.82, 2.24) is 5.43 Å². The zero-order valence-electron chi connectivity index (χ0n) is 12.1. The van der Waals surface area contributed by atoms with Gasteiger partial charge in [0.05, 0.1) is 0 Å². The van der Waals surface area contributed by atoms with Gasteiger partial charge in [-0.05, 0) is 41.9 Å². The molecular formula is C15H24ClFN2. The molecule has 0 aliphatic rings. The SMILES string of the molecule is CC(CC(Cc1ccc(F)cc1Cl)NN)C(C)(C)C. The van der Waals surface area contributed by atoms with Gasteiger partial charge in [-0.2, -0.15) is 0 Å². The summed E-state index contributed by atoms with van der Waals surface area (Å²) in [4.78, 5) is 0. The monoisotopic (exact) mass is 286 g/mol. The van der Waals surface area contributed by atoms with E-state index in [9.17, 15) is 4.39 Å². The van der Waals surface area contributed by atoms with Crippen LogP contribution in [0.5, 0.6) is 0 Å². The van der Waals surface area contributed by atoms with Crippen LogP contribution in [0.25, 0.3) is 0 Å². The molecule has 0 aromatic heterocycles. The molecule has 0 bridgehead atoms. The Labute approximate surface area is 120 Å². The van der Waals surface area contributed by atoms with Gasteiger partial charge in [0, 0.05) is 11.1 Å². The molecule has 2 nitrogen and oxygen atoms in total. The van der Waals surface area contributed by atoms with Gasteiger partial charge < -0.3 is 0 Å². The van der Waals surface area contributed by atoms with Crippen molar-refractivity contribution >= 4 is 11.6 Å². The third-order valence-corrected chi connectivity index (χ3v) is 4.19. The quantitative estimate of drug-likeness (QED) is 0.636. The first-order chi connectivity index (χ1) is 8.74. The lowest BCUT2D eigenvalue weighted by Gasteiger charge is -2.30. The van der Waals surface area contributed by atoms with Crippen LogP contribution in [-0.2, 0) is 6.42 Å². The molecule has 108 valence electrons. The van der Waals surface area contributed by atoms with Gasteiger partial charge in [0.15, 0.2) is 0 Å². The first kappa shape index (κ1) is 16.4. The number of hydrogen-bond acceptors (Lipinski definition) is 2. The van der Waals surface area contributed by atoms with Crippen molar-refractivity contribution < 1.29 is 4.39 Å². The molecule has 4 heteroatoms. The van der Waals surface area contributed by atoms with Gasteiger partial charge in [0.2, 0.25) is 0 Å². The summed E-state index contributed by atoms with van der Waals surface area (Å²) in [5.41, 5.74) is 4.00. The standard InChI is InChI=1S/C15H24ClFN2/c1-10(15(2,3)4)7-13(19-18)8-11-5-6-12(17)9-14(11)16/h5-6,9-10,13,19H,7-8,18H2,1-4H3. The predicted octanol–water partition coefficient (Wildman–Crippen LogP) is 3.93. The van der Waals surface area contributed by atoms with E-state index in [2.05, 4.69) is 33.1 Å². The second-order valence-corrected chi connectivity index (χ2v) is 6.71. The third-order valence-electron chi connectivity index (χ3n) is 3.83. The van der Waals surface area contributed by atoms with Crippen LogP contribution in [-0.4, -0.2) is 6.04 Å². The lowest BCUT2D eigenvalue weighted by molar-refractivity contribution is 0.222. The van der Waals surface area contributed by atoms with Crippen molar-refractivity contribution in [3.8, 4) is 0 Å². The second kappa shape index (κ2) is 6.69. The summed E-state index contributed by atoms with van der Waals surface area (Å²) in [6, 6.07) is 4.64. The Morgan fingerprint density at radius 2 is 2.00 bits per heavy atom. The summed E-state index contributed by atoms with van der Waals surface area (Å²) >= 11 is 6.05. The minimum atomic E-state index is -0.311. The Balaban J connectivity index is 2.72. The number of hydrazine groups is 1. The maximum Gasteiger partial charge on any atom is 0.124 e. The smallest absolute Gasteiger partial charge is 0.124 e. The van der Waals surface area contributed by atoms with Gasteiger partial charge in [0.1, 0.15) is 5.82 Å². The van der Waals surface area contributed by atoms with Crippen molar-refractivity contribution in [3.63, 3.8) is 0 Å². The molecule has 0 amide bonds. The van der Waals surface area contributed by atoms with Gasteiger partial charge in [-0.3, -0.25) is 11.3 Å². The van der Waals surface area contributed by atoms with Crippen LogP contribution in [0.3, 0.4) is 0 Å². The van der Waals surface area contributed by atoms with Gasteiger partial charge in [-0.15, -0.1) is 0 Å². The molecule has 0 spiro atoms. The van der Waals surface area contributed by atoms with Crippen LogP contribution in [0.15, 0.2) is 18.2 Å². The topological polar surface area (TPSA) is 38.0 Å². The highest BCUT2D eigenvalue weighted by molar-refractivity contribution is 6.31. The zero-order chi connectivity index (χ0) is 14.6. The van der Waals surface area contributed by atoms with Crippen LogP contribution < -0.4 is 11.3 Å². The molecule has 1 aromatic carbocycles. The molecule has 0 aliphatic carbocycles. The van der Waals surface area contributed by atoms with Gasteiger partial charge in [0.25, 0.3) is 0 Å². The highest BCUT2D eigenvalue weighted by Crippen LogP contribution is 2.30. The molecule has 0 radical (unpaired) electrons. The van der Waals surface area contributed by atoms with E-state index in [1.807, 2.05) is 0 Å². The first-order valence-electron chi connectivity index (χ1n) is 6.64. The fourth-order valence-electron chi connectivity index (χ4n) is 1.94. The fourth-order valence-corrected chi connectivity index (χ4v) is 2.19. The Hall–Kier alpha value is -0.640. The molecule has 0 saturated carbocycles. The van der Waals surface area contributed by atoms with Crippen molar-refractivity contribution in [2.75, 3.05) is 0 Å². The van der Waals surface area contributed by atoms with Crippen LogP contribution >= 0.6 is 11.6 Å². The van der Waals surface area contributed by atoms with Crippen LogP contribution in [0.2, 0.25) is 5.02 Å². The van der Waals surface area contributed by atoms with Gasteiger partial charge in [-0.1, -0.05) is 45.4 Å². The molecule has 0 aliphatic heterocycles. The van der Waals surface area contributed by atoms with E-state index in [0.717, 1.165) is 12.0 Å². The first-order valence-corrected chi connectivity index (χ1v) is 7.02. The normalized spacial score (nSPS) is 15.3. The zero-order valence-corrected chi connectivity index (χ0v) is 12.9. The molecule has 3 N–H and O–H groups in total. The molecule has 2 unspecified atom stereocenters. The number of nitrogens with one attached hydrogen (secondary N) is 1. The van der Waals surface area contributed by atoms with Crippen molar-refractivity contribution in [3.05, 3.63) is 34.6 Å². The van der Waals surface area contributed by atoms with Crippen LogP contribution in [0, 0.1) is 17.2 Å². The number of halogens is 2. The Morgan fingerprint density at radius 1 is 1.37 bits per heavy atom. The maximum absolute atomic E-state index is 13.0. The minimum absolute atomic E-state index is 0.136. The lowest BCUT2D eigenvalue weighted by atomic mass is 9.78. The average Bonchev–Trinajstić information content (AvgIpc) is 2.30. The molecule has 0 fully saturated rings. The van der Waals surface area contributed by atoms with E-state index in [1.54, 1.807) is 6.07 Å². The van der Waals surface area contributed by atoms with E-state index in [4.69, 9.17) is 17.4 Å². The number of hydrogen-bond donors (Lipinski definition) is 2. The van der Waals surface area contributed by atoms with Crippen LogP contribution in [0.4, 0.5) is 4.39 Å². The Kier molecular flexibility index (Phi) is 5.78. The minimum Gasteiger partial charge on any atom is -0.271 e. The average molecular weight is 287 g/mol. The molecule has 0 saturated heterocycles. The highest BCUT2D eigenvalue weighted by atomic mass is 35.5. The molecule has 19 heavy (non-hydrogen) atoms. The van der Waals surface area contributed by atoms with Crippen molar-refractivity contribution in [2.24, 2.45) is 17.2 Å². The summed E-state index contributed by atoms with van der Waals surface area (Å²) in [6.45, 7) is 8.87. The van der Waals surface area contributed by atoms with Crippen LogP contribution in [0.1, 0.15) is 39.7 Å². The third kappa shape index (κ3) is 5.09. The van der Waals surface area contributed by atoms with E-state index < -0.39 is 0 Å². The molecule has 2 atom stereocenters. The number of rotatable bonds is 5. The molecular weight excluding hydrogens is 263 g/mol. The highest BCUT2D eigenvalue weighted by Gasteiger charge is 2.23. The summed E-state index contributed by atoms with van der Waals surface area (Å²) < 4.78 is 13.0. The largest absolute Gasteiger partial charge is 0.271 e. The lowest BCUT2D eigenvalue weighted by Crippen LogP contribution is -2.39. The Morgan fingerprint density at radius 3 is 2.47 bits per heavy atom. The molecule has 1 aromatic rings. The summed E-state index contributed by atoms with van der Waals surface area (Å²) in [7, 11) is 0. The van der Waals surface area contributed by atoms with E-state index >= 15 is 0 Å². The number of benzene rings is 1. The molecule has 0 heterocycles. The van der Waals surface area contributed by atoms with Crippen molar-refractivity contribution in [1.29, 1.82) is 0 Å². The summed E-state index contributed by atoms with van der Waals surface area (Å²) in [5.74, 6) is 5.84. The predicted molar refractivity (Wildman–Crippen MR) is 79.5 cm³/mol. The number of nitrogens with two attached hydrogens (primary N) is 1.